The van der Waals surface area contributed by atoms with Crippen LogP contribution >= 0.6 is 0 Å². The number of hydrogen-bond donors (Lipinski definition) is 2. The summed E-state index contributed by atoms with van der Waals surface area (Å²) in [6, 6.07) is 12.9. The van der Waals surface area contributed by atoms with Crippen molar-refractivity contribution in [3.63, 3.8) is 0 Å². The number of benzene rings is 2. The van der Waals surface area contributed by atoms with Gasteiger partial charge in [-0.2, -0.15) is 0 Å². The highest BCUT2D eigenvalue weighted by Gasteiger charge is 2.23. The Labute approximate surface area is 162 Å². The van der Waals surface area contributed by atoms with Gasteiger partial charge in [-0.15, -0.1) is 0 Å². The summed E-state index contributed by atoms with van der Waals surface area (Å²) in [7, 11) is -3.34. The molecule has 150 valence electrons. The monoisotopic (exact) mass is 408 g/mol. The summed E-state index contributed by atoms with van der Waals surface area (Å²) in [6.45, 7) is 0.00501. The highest BCUT2D eigenvalue weighted by atomic mass is 32.2. The van der Waals surface area contributed by atoms with Crippen molar-refractivity contribution >= 4 is 27.5 Å². The Balaban J connectivity index is 1.99. The zero-order valence-corrected chi connectivity index (χ0v) is 16.0. The lowest BCUT2D eigenvalue weighted by molar-refractivity contribution is -0.118. The number of amides is 2. The smallest absolute Gasteiger partial charge is 0.408 e. The van der Waals surface area contributed by atoms with Gasteiger partial charge in [0.25, 0.3) is 0 Å². The van der Waals surface area contributed by atoms with E-state index in [0.717, 1.165) is 11.8 Å². The Kier molecular flexibility index (Phi) is 7.51. The summed E-state index contributed by atoms with van der Waals surface area (Å²) < 4.78 is 40.9. The van der Waals surface area contributed by atoms with Gasteiger partial charge in [-0.05, 0) is 36.2 Å². The maximum absolute atomic E-state index is 13.0. The van der Waals surface area contributed by atoms with Gasteiger partial charge in [-0.25, -0.2) is 17.6 Å². The molecule has 0 fully saturated rings. The fourth-order valence-corrected chi connectivity index (χ4v) is 2.93. The van der Waals surface area contributed by atoms with E-state index < -0.39 is 33.7 Å². The van der Waals surface area contributed by atoms with Crippen molar-refractivity contribution in [1.29, 1.82) is 0 Å². The van der Waals surface area contributed by atoms with Gasteiger partial charge < -0.3 is 15.4 Å². The Bertz CT molecular complexity index is 902. The predicted molar refractivity (Wildman–Crippen MR) is 103 cm³/mol. The van der Waals surface area contributed by atoms with Crippen molar-refractivity contribution in [2.24, 2.45) is 0 Å². The number of halogens is 1. The minimum atomic E-state index is -3.34. The number of sulfone groups is 1. The van der Waals surface area contributed by atoms with Gasteiger partial charge in [0.1, 0.15) is 28.3 Å². The normalized spacial score (nSPS) is 12.1. The Hall–Kier alpha value is -2.94. The third kappa shape index (κ3) is 7.75. The lowest BCUT2D eigenvalue weighted by atomic mass is 10.2. The molecule has 2 rings (SSSR count). The third-order valence-corrected chi connectivity index (χ3v) is 4.69. The fraction of sp³-hybridized carbons (Fsp3) is 0.263. The van der Waals surface area contributed by atoms with Crippen molar-refractivity contribution in [1.82, 2.24) is 5.32 Å². The second-order valence-electron chi connectivity index (χ2n) is 6.17. The molecule has 7 nitrogen and oxygen atoms in total. The Morgan fingerprint density at radius 1 is 1.07 bits per heavy atom. The summed E-state index contributed by atoms with van der Waals surface area (Å²) in [5.41, 5.74) is 1.08. The highest BCUT2D eigenvalue weighted by molar-refractivity contribution is 7.90. The first-order chi connectivity index (χ1) is 13.2. The Morgan fingerprint density at radius 3 is 2.32 bits per heavy atom. The average molecular weight is 408 g/mol. The number of carbonyl (C=O) groups is 2. The number of alkyl carbamates (subject to hydrolysis) is 1. The zero-order chi connectivity index (χ0) is 20.6. The van der Waals surface area contributed by atoms with Gasteiger partial charge in [0, 0.05) is 11.9 Å². The van der Waals surface area contributed by atoms with Crippen LogP contribution in [0.1, 0.15) is 12.0 Å². The maximum Gasteiger partial charge on any atom is 0.408 e. The lowest BCUT2D eigenvalue weighted by Gasteiger charge is -2.18. The van der Waals surface area contributed by atoms with Gasteiger partial charge in [-0.3, -0.25) is 4.79 Å². The summed E-state index contributed by atoms with van der Waals surface area (Å²) >= 11 is 0. The van der Waals surface area contributed by atoms with Crippen LogP contribution in [0, 0.1) is 5.82 Å². The molecule has 0 spiro atoms. The van der Waals surface area contributed by atoms with Crippen LogP contribution in [0.2, 0.25) is 0 Å². The molecule has 1 unspecified atom stereocenters. The number of hydrogen-bond acceptors (Lipinski definition) is 5. The largest absolute Gasteiger partial charge is 0.445 e. The molecule has 0 aliphatic heterocycles. The molecule has 0 bridgehead atoms. The first kappa shape index (κ1) is 21.4. The minimum absolute atomic E-state index is 0.00501. The topological polar surface area (TPSA) is 102 Å². The second-order valence-corrected chi connectivity index (χ2v) is 8.43. The van der Waals surface area contributed by atoms with Crippen LogP contribution in [-0.2, 0) is 26.0 Å². The SMILES string of the molecule is CS(=O)(=O)CCC(NC(=O)OCc1ccccc1)C(=O)Nc1ccc(F)cc1. The standard InChI is InChI=1S/C19H21FN2O5S/c1-28(25,26)12-11-17(18(23)21-16-9-7-15(20)8-10-16)22-19(24)27-13-14-5-3-2-4-6-14/h2-10,17H,11-13H2,1H3,(H,21,23)(H,22,24). The molecule has 2 aromatic carbocycles. The molecular formula is C19H21FN2O5S. The van der Waals surface area contributed by atoms with Gasteiger partial charge in [0.15, 0.2) is 0 Å². The van der Waals surface area contributed by atoms with E-state index in [9.17, 15) is 22.4 Å². The first-order valence-corrected chi connectivity index (χ1v) is 10.5. The van der Waals surface area contributed by atoms with Gasteiger partial charge >= 0.3 is 6.09 Å². The molecule has 2 N–H and O–H groups in total. The molecule has 28 heavy (non-hydrogen) atoms. The predicted octanol–water partition coefficient (Wildman–Crippen LogP) is 2.49. The molecule has 9 heteroatoms. The number of nitrogens with one attached hydrogen (secondary N) is 2. The van der Waals surface area contributed by atoms with Crippen LogP contribution in [0.3, 0.4) is 0 Å². The number of rotatable bonds is 8. The van der Waals surface area contributed by atoms with E-state index >= 15 is 0 Å². The van der Waals surface area contributed by atoms with E-state index in [1.807, 2.05) is 6.07 Å². The van der Waals surface area contributed by atoms with E-state index in [1.165, 1.54) is 24.3 Å². The molecule has 2 aromatic rings. The molecule has 0 radical (unpaired) electrons. The van der Waals surface area contributed by atoms with Gasteiger partial charge in [-0.1, -0.05) is 30.3 Å². The quantitative estimate of drug-likeness (QED) is 0.699. The van der Waals surface area contributed by atoms with E-state index in [2.05, 4.69) is 10.6 Å². The summed E-state index contributed by atoms with van der Waals surface area (Å²) in [5.74, 6) is -1.39. The molecule has 0 saturated heterocycles. The molecule has 0 aliphatic carbocycles. The molecule has 1 atom stereocenters. The summed E-state index contributed by atoms with van der Waals surface area (Å²) in [5, 5.41) is 4.89. The average Bonchev–Trinajstić information content (AvgIpc) is 2.65. The highest BCUT2D eigenvalue weighted by Crippen LogP contribution is 2.10. The fourth-order valence-electron chi connectivity index (χ4n) is 2.27. The summed E-state index contributed by atoms with van der Waals surface area (Å²) in [4.78, 5) is 24.5. The van der Waals surface area contributed by atoms with E-state index in [4.69, 9.17) is 4.74 Å². The van der Waals surface area contributed by atoms with E-state index in [1.54, 1.807) is 24.3 Å². The van der Waals surface area contributed by atoms with Crippen molar-refractivity contribution < 1.29 is 27.1 Å². The van der Waals surface area contributed by atoms with Crippen molar-refractivity contribution in [2.45, 2.75) is 19.1 Å². The number of carbonyl (C=O) groups excluding carboxylic acids is 2. The zero-order valence-electron chi connectivity index (χ0n) is 15.2. The van der Waals surface area contributed by atoms with Crippen LogP contribution in [0.4, 0.5) is 14.9 Å². The van der Waals surface area contributed by atoms with Crippen molar-refractivity contribution in [3.05, 3.63) is 66.0 Å². The van der Waals surface area contributed by atoms with Crippen LogP contribution in [0.5, 0.6) is 0 Å². The van der Waals surface area contributed by atoms with Crippen molar-refractivity contribution in [3.8, 4) is 0 Å². The van der Waals surface area contributed by atoms with Gasteiger partial charge in [0.05, 0.1) is 5.75 Å². The third-order valence-electron chi connectivity index (χ3n) is 3.71. The van der Waals surface area contributed by atoms with Crippen LogP contribution in [0.25, 0.3) is 0 Å². The van der Waals surface area contributed by atoms with Crippen LogP contribution < -0.4 is 10.6 Å². The maximum atomic E-state index is 13.0. The summed E-state index contributed by atoms with van der Waals surface area (Å²) in [6.07, 6.45) is 0.0544. The van der Waals surface area contributed by atoms with Gasteiger partial charge in [0.2, 0.25) is 5.91 Å². The first-order valence-electron chi connectivity index (χ1n) is 8.44. The van der Waals surface area contributed by atoms with E-state index in [-0.39, 0.29) is 18.8 Å². The molecule has 0 aliphatic rings. The number of ether oxygens (including phenoxy) is 1. The van der Waals surface area contributed by atoms with Crippen LogP contribution in [-0.4, -0.2) is 38.5 Å². The van der Waals surface area contributed by atoms with E-state index in [0.29, 0.717) is 5.69 Å². The lowest BCUT2D eigenvalue weighted by Crippen LogP contribution is -2.45. The molecular weight excluding hydrogens is 387 g/mol. The molecule has 0 saturated carbocycles. The molecule has 0 heterocycles. The number of anilines is 1. The van der Waals surface area contributed by atoms with Crippen LogP contribution in [0.15, 0.2) is 54.6 Å². The Morgan fingerprint density at radius 2 is 1.71 bits per heavy atom. The molecule has 2 amide bonds. The second kappa shape index (κ2) is 9.84. The van der Waals surface area contributed by atoms with Crippen molar-refractivity contribution in [2.75, 3.05) is 17.3 Å². The minimum Gasteiger partial charge on any atom is -0.445 e. The molecule has 0 aromatic heterocycles.